The van der Waals surface area contributed by atoms with E-state index in [0.717, 1.165) is 13.2 Å². The molecule has 2 amide bonds. The van der Waals surface area contributed by atoms with Crippen LogP contribution in [0.1, 0.15) is 33.3 Å². The lowest BCUT2D eigenvalue weighted by Gasteiger charge is -2.20. The van der Waals surface area contributed by atoms with Gasteiger partial charge in [-0.1, -0.05) is 18.2 Å². The number of benzene rings is 1. The minimum Gasteiger partial charge on any atom is -0.464 e. The molecule has 1 aromatic rings. The highest BCUT2D eigenvalue weighted by Crippen LogP contribution is 2.21. The van der Waals surface area contributed by atoms with Gasteiger partial charge in [0.15, 0.2) is 11.6 Å². The predicted octanol–water partition coefficient (Wildman–Crippen LogP) is 3.07. The summed E-state index contributed by atoms with van der Waals surface area (Å²) in [7, 11) is 1.12. The molecule has 158 valence electrons. The third kappa shape index (κ3) is 8.12. The normalized spacial score (nSPS) is 12.2. The van der Waals surface area contributed by atoms with Crippen molar-refractivity contribution in [1.29, 1.82) is 0 Å². The van der Waals surface area contributed by atoms with Crippen LogP contribution in [0, 0.1) is 11.6 Å². The average molecular weight is 410 g/mol. The number of halogens is 2. The fourth-order valence-electron chi connectivity index (χ4n) is 2.12. The second kappa shape index (κ2) is 10.4. The molecule has 2 N–H and O–H groups in total. The largest absolute Gasteiger partial charge is 0.464 e. The molecule has 0 aliphatic heterocycles. The van der Waals surface area contributed by atoms with Crippen LogP contribution in [0.2, 0.25) is 0 Å². The second-order valence-corrected chi connectivity index (χ2v) is 6.90. The fourth-order valence-corrected chi connectivity index (χ4v) is 2.12. The van der Waals surface area contributed by atoms with Gasteiger partial charge in [-0.05, 0) is 38.5 Å². The number of alkyl carbamates (subject to hydrolysis) is 1. The first kappa shape index (κ1) is 23.8. The Morgan fingerprint density at radius 2 is 1.79 bits per heavy atom. The number of carbonyl (C=O) groups is 3. The monoisotopic (exact) mass is 410 g/mol. The summed E-state index contributed by atoms with van der Waals surface area (Å²) in [4.78, 5) is 35.0. The Bertz CT molecular complexity index is 842. The smallest absolute Gasteiger partial charge is 0.407 e. The zero-order valence-corrected chi connectivity index (χ0v) is 16.9. The van der Waals surface area contributed by atoms with E-state index in [4.69, 9.17) is 4.74 Å². The van der Waals surface area contributed by atoms with Gasteiger partial charge in [0, 0.05) is 19.0 Å². The second-order valence-electron chi connectivity index (χ2n) is 6.90. The van der Waals surface area contributed by atoms with Crippen molar-refractivity contribution in [2.45, 2.75) is 33.3 Å². The molecule has 0 saturated carbocycles. The molecule has 0 radical (unpaired) electrons. The SMILES string of the molecule is COC(=O)/C(=C/C=C(/CNC(=O)OC(C)(C)C)c1cccc(F)c1F)NC(C)=O. The van der Waals surface area contributed by atoms with Crippen LogP contribution in [0.3, 0.4) is 0 Å². The molecule has 0 spiro atoms. The fraction of sp³-hybridized carbons (Fsp3) is 0.350. The summed E-state index contributed by atoms with van der Waals surface area (Å²) in [5, 5.41) is 4.72. The molecule has 0 heterocycles. The van der Waals surface area contributed by atoms with Crippen LogP contribution in [0.4, 0.5) is 13.6 Å². The number of rotatable bonds is 6. The van der Waals surface area contributed by atoms with Gasteiger partial charge in [-0.3, -0.25) is 4.79 Å². The van der Waals surface area contributed by atoms with E-state index in [2.05, 4.69) is 15.4 Å². The number of allylic oxidation sites excluding steroid dienone is 2. The van der Waals surface area contributed by atoms with Crippen molar-refractivity contribution in [2.75, 3.05) is 13.7 Å². The molecular formula is C20H24F2N2O5. The van der Waals surface area contributed by atoms with Gasteiger partial charge in [0.05, 0.1) is 7.11 Å². The topological polar surface area (TPSA) is 93.7 Å². The highest BCUT2D eigenvalue weighted by atomic mass is 19.2. The minimum absolute atomic E-state index is 0.125. The molecule has 1 aromatic carbocycles. The van der Waals surface area contributed by atoms with Gasteiger partial charge in [0.25, 0.3) is 0 Å². The first-order valence-electron chi connectivity index (χ1n) is 8.62. The number of ether oxygens (including phenoxy) is 2. The summed E-state index contributed by atoms with van der Waals surface area (Å²) in [6.45, 7) is 5.98. The summed E-state index contributed by atoms with van der Waals surface area (Å²) in [5.41, 5.74) is -0.975. The lowest BCUT2D eigenvalue weighted by Crippen LogP contribution is -2.33. The summed E-state index contributed by atoms with van der Waals surface area (Å²) in [6, 6.07) is 3.56. The molecular weight excluding hydrogens is 386 g/mol. The summed E-state index contributed by atoms with van der Waals surface area (Å²) in [5.74, 6) is -3.57. The first-order chi connectivity index (χ1) is 13.4. The summed E-state index contributed by atoms with van der Waals surface area (Å²) >= 11 is 0. The quantitative estimate of drug-likeness (QED) is 0.427. The maximum atomic E-state index is 14.3. The van der Waals surface area contributed by atoms with E-state index >= 15 is 0 Å². The van der Waals surface area contributed by atoms with Crippen LogP contribution in [0.25, 0.3) is 5.57 Å². The molecule has 0 aliphatic carbocycles. The Hall–Kier alpha value is -3.23. The Morgan fingerprint density at radius 1 is 1.14 bits per heavy atom. The van der Waals surface area contributed by atoms with E-state index < -0.39 is 35.2 Å². The van der Waals surface area contributed by atoms with Gasteiger partial charge < -0.3 is 20.1 Å². The van der Waals surface area contributed by atoms with Crippen molar-refractivity contribution in [3.8, 4) is 0 Å². The van der Waals surface area contributed by atoms with Gasteiger partial charge in [0.2, 0.25) is 5.91 Å². The summed E-state index contributed by atoms with van der Waals surface area (Å²) < 4.78 is 37.6. The molecule has 0 aromatic heterocycles. The Kier molecular flexibility index (Phi) is 8.50. The van der Waals surface area contributed by atoms with Gasteiger partial charge in [0.1, 0.15) is 11.3 Å². The molecule has 0 unspecified atom stereocenters. The number of nitrogens with one attached hydrogen (secondary N) is 2. The van der Waals surface area contributed by atoms with Crippen LogP contribution < -0.4 is 10.6 Å². The van der Waals surface area contributed by atoms with E-state index in [1.807, 2.05) is 0 Å². The van der Waals surface area contributed by atoms with Crippen LogP contribution in [0.5, 0.6) is 0 Å². The molecule has 29 heavy (non-hydrogen) atoms. The van der Waals surface area contributed by atoms with E-state index in [-0.39, 0.29) is 23.4 Å². The van der Waals surface area contributed by atoms with Gasteiger partial charge >= 0.3 is 12.1 Å². The molecule has 0 fully saturated rings. The van der Waals surface area contributed by atoms with Gasteiger partial charge in [-0.15, -0.1) is 0 Å². The zero-order valence-electron chi connectivity index (χ0n) is 16.9. The predicted molar refractivity (Wildman–Crippen MR) is 102 cm³/mol. The Morgan fingerprint density at radius 3 is 2.34 bits per heavy atom. The zero-order chi connectivity index (χ0) is 22.2. The molecule has 0 aliphatic rings. The van der Waals surface area contributed by atoms with Crippen LogP contribution in [0.15, 0.2) is 36.0 Å². The van der Waals surface area contributed by atoms with Crippen molar-refractivity contribution in [3.63, 3.8) is 0 Å². The first-order valence-corrected chi connectivity index (χ1v) is 8.62. The number of methoxy groups -OCH3 is 1. The van der Waals surface area contributed by atoms with Crippen molar-refractivity contribution in [3.05, 3.63) is 53.2 Å². The maximum Gasteiger partial charge on any atom is 0.407 e. The number of hydrogen-bond acceptors (Lipinski definition) is 5. The lowest BCUT2D eigenvalue weighted by molar-refractivity contribution is -0.137. The molecule has 0 bridgehead atoms. The molecule has 0 saturated heterocycles. The number of amides is 2. The van der Waals surface area contributed by atoms with Crippen molar-refractivity contribution >= 4 is 23.5 Å². The van der Waals surface area contributed by atoms with E-state index in [1.165, 1.54) is 31.2 Å². The Balaban J connectivity index is 3.28. The van der Waals surface area contributed by atoms with E-state index in [9.17, 15) is 23.2 Å². The third-order valence-electron chi connectivity index (χ3n) is 3.29. The van der Waals surface area contributed by atoms with E-state index in [0.29, 0.717) is 0 Å². The maximum absolute atomic E-state index is 14.3. The van der Waals surface area contributed by atoms with Crippen molar-refractivity contribution in [1.82, 2.24) is 10.6 Å². The van der Waals surface area contributed by atoms with Gasteiger partial charge in [-0.25, -0.2) is 18.4 Å². The van der Waals surface area contributed by atoms with Crippen LogP contribution in [-0.4, -0.2) is 37.2 Å². The Labute approximate surface area is 167 Å². The van der Waals surface area contributed by atoms with Crippen LogP contribution in [-0.2, 0) is 19.1 Å². The minimum atomic E-state index is -1.13. The highest BCUT2D eigenvalue weighted by molar-refractivity contribution is 5.93. The number of hydrogen-bond donors (Lipinski definition) is 2. The van der Waals surface area contributed by atoms with Crippen LogP contribution >= 0.6 is 0 Å². The lowest BCUT2D eigenvalue weighted by atomic mass is 10.0. The standard InChI is InChI=1S/C20H24F2N2O5/c1-12(25)24-16(18(26)28-5)10-9-13(11-23-19(27)29-20(2,3)4)14-7-6-8-15(21)17(14)22/h6-10H,11H2,1-5H3,(H,23,27)(H,24,25)/b13-9-,16-10-. The molecule has 1 rings (SSSR count). The summed E-state index contributed by atoms with van der Waals surface area (Å²) in [6.07, 6.45) is 1.67. The number of carbonyl (C=O) groups excluding carboxylic acids is 3. The highest BCUT2D eigenvalue weighted by Gasteiger charge is 2.18. The molecule has 7 nitrogen and oxygen atoms in total. The van der Waals surface area contributed by atoms with Gasteiger partial charge in [-0.2, -0.15) is 0 Å². The molecule has 0 atom stereocenters. The average Bonchev–Trinajstić information content (AvgIpc) is 2.61. The van der Waals surface area contributed by atoms with Crippen molar-refractivity contribution < 1.29 is 32.6 Å². The molecule has 9 heteroatoms. The number of esters is 1. The van der Waals surface area contributed by atoms with E-state index in [1.54, 1.807) is 20.8 Å². The third-order valence-corrected chi connectivity index (χ3v) is 3.29. The van der Waals surface area contributed by atoms with Crippen molar-refractivity contribution in [2.24, 2.45) is 0 Å².